The number of carbonyl (C=O) groups excluding carboxylic acids is 2. The Kier molecular flexibility index (Phi) is 7.35. The number of fused-ring (bicyclic) bond motifs is 1. The maximum absolute atomic E-state index is 14.6. The Labute approximate surface area is 217 Å². The molecule has 6 heteroatoms. The zero-order valence-corrected chi connectivity index (χ0v) is 21.1. The van der Waals surface area contributed by atoms with E-state index in [0.29, 0.717) is 36.5 Å². The molecule has 37 heavy (non-hydrogen) atoms. The number of hydrogen-bond donors (Lipinski definition) is 0. The first-order chi connectivity index (χ1) is 18.1. The van der Waals surface area contributed by atoms with Gasteiger partial charge in [-0.25, -0.2) is 4.39 Å². The number of carbonyl (C=O) groups is 2. The molecule has 0 spiro atoms. The van der Waals surface area contributed by atoms with Crippen molar-refractivity contribution in [3.05, 3.63) is 108 Å². The van der Waals surface area contributed by atoms with Crippen LogP contribution >= 0.6 is 0 Å². The van der Waals surface area contributed by atoms with Crippen LogP contribution in [0, 0.1) is 5.82 Å². The van der Waals surface area contributed by atoms with Gasteiger partial charge < -0.3 is 14.4 Å². The van der Waals surface area contributed by atoms with E-state index in [1.165, 1.54) is 6.07 Å². The highest BCUT2D eigenvalue weighted by molar-refractivity contribution is 5.99. The van der Waals surface area contributed by atoms with E-state index in [0.717, 1.165) is 30.2 Å². The predicted octanol–water partition coefficient (Wildman–Crippen LogP) is 5.99. The number of nitrogens with zero attached hydrogens (tertiary/aromatic N) is 3. The molecule has 1 saturated heterocycles. The van der Waals surface area contributed by atoms with Crippen LogP contribution in [0.25, 0.3) is 10.9 Å². The summed E-state index contributed by atoms with van der Waals surface area (Å²) >= 11 is 0. The third kappa shape index (κ3) is 5.15. The number of halogens is 1. The van der Waals surface area contributed by atoms with Crippen LogP contribution < -0.4 is 0 Å². The smallest absolute Gasteiger partial charge is 0.270 e. The van der Waals surface area contributed by atoms with Crippen molar-refractivity contribution >= 4 is 22.7 Å². The molecule has 0 atom stereocenters. The standard InChI is InChI=1S/C31H32FN3O2/c1-2-18-34(26-16-19-33(20-17-26)30(36)23-10-4-3-5-11-23)31(37)29-21-24-12-7-9-15-28(24)35(29)22-25-13-6-8-14-27(25)32/h3-15,21,26H,2,16-20,22H2,1H3. The van der Waals surface area contributed by atoms with Crippen LogP contribution in [0.1, 0.15) is 52.6 Å². The van der Waals surface area contributed by atoms with Crippen LogP contribution in [0.5, 0.6) is 0 Å². The van der Waals surface area contributed by atoms with E-state index in [1.807, 2.05) is 81.1 Å². The van der Waals surface area contributed by atoms with Gasteiger partial charge in [-0.2, -0.15) is 0 Å². The second-order valence-corrected chi connectivity index (χ2v) is 9.65. The largest absolute Gasteiger partial charge is 0.338 e. The second-order valence-electron chi connectivity index (χ2n) is 9.65. The summed E-state index contributed by atoms with van der Waals surface area (Å²) in [5.74, 6) is -0.279. The summed E-state index contributed by atoms with van der Waals surface area (Å²) in [6.07, 6.45) is 2.30. The van der Waals surface area contributed by atoms with Gasteiger partial charge >= 0.3 is 0 Å². The first-order valence-corrected chi connectivity index (χ1v) is 13.0. The minimum absolute atomic E-state index is 0.0393. The summed E-state index contributed by atoms with van der Waals surface area (Å²) in [6.45, 7) is 4.22. The van der Waals surface area contributed by atoms with Gasteiger partial charge in [0.2, 0.25) is 0 Å². The summed E-state index contributed by atoms with van der Waals surface area (Å²) < 4.78 is 16.5. The fourth-order valence-electron chi connectivity index (χ4n) is 5.34. The summed E-state index contributed by atoms with van der Waals surface area (Å²) in [5.41, 5.74) is 2.72. The van der Waals surface area contributed by atoms with E-state index >= 15 is 0 Å². The van der Waals surface area contributed by atoms with Gasteiger partial charge in [-0.15, -0.1) is 0 Å². The molecule has 2 amide bonds. The molecule has 1 aliphatic rings. The summed E-state index contributed by atoms with van der Waals surface area (Å²) in [5, 5.41) is 0.960. The lowest BCUT2D eigenvalue weighted by molar-refractivity contribution is 0.0513. The molecule has 1 aromatic heterocycles. The molecule has 0 N–H and O–H groups in total. The van der Waals surface area contributed by atoms with Crippen LogP contribution in [-0.2, 0) is 6.54 Å². The highest BCUT2D eigenvalue weighted by Gasteiger charge is 2.31. The van der Waals surface area contributed by atoms with Crippen molar-refractivity contribution in [3.63, 3.8) is 0 Å². The number of aromatic nitrogens is 1. The molecule has 1 fully saturated rings. The maximum atomic E-state index is 14.6. The predicted molar refractivity (Wildman–Crippen MR) is 144 cm³/mol. The van der Waals surface area contributed by atoms with Crippen molar-refractivity contribution in [2.24, 2.45) is 0 Å². The highest BCUT2D eigenvalue weighted by atomic mass is 19.1. The second kappa shape index (κ2) is 11.0. The van der Waals surface area contributed by atoms with Gasteiger partial charge in [-0.1, -0.05) is 61.5 Å². The van der Waals surface area contributed by atoms with E-state index in [2.05, 4.69) is 6.92 Å². The Morgan fingerprint density at radius 1 is 0.919 bits per heavy atom. The van der Waals surface area contributed by atoms with Crippen molar-refractivity contribution in [1.82, 2.24) is 14.4 Å². The monoisotopic (exact) mass is 497 g/mol. The maximum Gasteiger partial charge on any atom is 0.270 e. The lowest BCUT2D eigenvalue weighted by atomic mass is 10.0. The Balaban J connectivity index is 1.40. The van der Waals surface area contributed by atoms with Crippen molar-refractivity contribution < 1.29 is 14.0 Å². The molecule has 2 heterocycles. The first-order valence-electron chi connectivity index (χ1n) is 13.0. The molecular formula is C31H32FN3O2. The van der Waals surface area contributed by atoms with E-state index in [1.54, 1.807) is 12.1 Å². The number of benzene rings is 3. The number of rotatable bonds is 7. The van der Waals surface area contributed by atoms with Gasteiger partial charge in [0.15, 0.2) is 0 Å². The van der Waals surface area contributed by atoms with Gasteiger partial charge in [0, 0.05) is 47.7 Å². The molecule has 0 radical (unpaired) electrons. The number of piperidine rings is 1. The molecule has 1 aliphatic heterocycles. The van der Waals surface area contributed by atoms with Gasteiger partial charge in [0.05, 0.1) is 6.54 Å². The molecule has 5 nitrogen and oxygen atoms in total. The first kappa shape index (κ1) is 24.8. The van der Waals surface area contributed by atoms with Gasteiger partial charge in [-0.05, 0) is 49.6 Å². The van der Waals surface area contributed by atoms with Crippen LogP contribution in [0.4, 0.5) is 4.39 Å². The number of hydrogen-bond acceptors (Lipinski definition) is 2. The fourth-order valence-corrected chi connectivity index (χ4v) is 5.34. The Morgan fingerprint density at radius 3 is 2.32 bits per heavy atom. The van der Waals surface area contributed by atoms with Crippen LogP contribution in [0.2, 0.25) is 0 Å². The van der Waals surface area contributed by atoms with Crippen molar-refractivity contribution in [2.75, 3.05) is 19.6 Å². The average molecular weight is 498 g/mol. The molecule has 4 aromatic rings. The van der Waals surface area contributed by atoms with Crippen molar-refractivity contribution in [3.8, 4) is 0 Å². The lowest BCUT2D eigenvalue weighted by Crippen LogP contribution is -2.49. The number of amides is 2. The third-order valence-electron chi connectivity index (χ3n) is 7.25. The minimum atomic E-state index is -0.278. The Hall–Kier alpha value is -3.93. The Morgan fingerprint density at radius 2 is 1.59 bits per heavy atom. The van der Waals surface area contributed by atoms with Crippen LogP contribution in [0.3, 0.4) is 0 Å². The van der Waals surface area contributed by atoms with Crippen molar-refractivity contribution in [1.29, 1.82) is 0 Å². The number of likely N-dealkylation sites (tertiary alicyclic amines) is 1. The zero-order chi connectivity index (χ0) is 25.8. The van der Waals surface area contributed by atoms with Gasteiger partial charge in [0.1, 0.15) is 11.5 Å². The molecule has 190 valence electrons. The van der Waals surface area contributed by atoms with E-state index < -0.39 is 0 Å². The van der Waals surface area contributed by atoms with E-state index in [4.69, 9.17) is 0 Å². The van der Waals surface area contributed by atoms with Crippen molar-refractivity contribution in [2.45, 2.75) is 38.8 Å². The van der Waals surface area contributed by atoms with Crippen LogP contribution in [0.15, 0.2) is 84.9 Å². The SMILES string of the molecule is CCCN(C(=O)c1cc2ccccc2n1Cc1ccccc1F)C1CCN(C(=O)c2ccccc2)CC1. The molecular weight excluding hydrogens is 465 g/mol. The molecule has 0 unspecified atom stereocenters. The average Bonchev–Trinajstić information content (AvgIpc) is 3.31. The van der Waals surface area contributed by atoms with E-state index in [9.17, 15) is 14.0 Å². The van der Waals surface area contributed by atoms with Gasteiger partial charge in [0.25, 0.3) is 11.8 Å². The third-order valence-corrected chi connectivity index (χ3v) is 7.25. The molecule has 5 rings (SSSR count). The Bertz CT molecular complexity index is 1390. The highest BCUT2D eigenvalue weighted by Crippen LogP contribution is 2.26. The molecule has 0 bridgehead atoms. The van der Waals surface area contributed by atoms with Gasteiger partial charge in [-0.3, -0.25) is 9.59 Å². The summed E-state index contributed by atoms with van der Waals surface area (Å²) in [7, 11) is 0. The minimum Gasteiger partial charge on any atom is -0.338 e. The lowest BCUT2D eigenvalue weighted by Gasteiger charge is -2.38. The fraction of sp³-hybridized carbons (Fsp3) is 0.290. The quantitative estimate of drug-likeness (QED) is 0.315. The van der Waals surface area contributed by atoms with E-state index in [-0.39, 0.29) is 30.2 Å². The normalized spacial score (nSPS) is 14.2. The number of para-hydroxylation sites is 1. The molecule has 0 saturated carbocycles. The molecule has 0 aliphatic carbocycles. The molecule has 3 aromatic carbocycles. The topological polar surface area (TPSA) is 45.6 Å². The summed E-state index contributed by atoms with van der Waals surface area (Å²) in [6, 6.07) is 25.9. The summed E-state index contributed by atoms with van der Waals surface area (Å²) in [4.78, 5) is 30.8. The van der Waals surface area contributed by atoms with Crippen LogP contribution in [-0.4, -0.2) is 51.9 Å². The zero-order valence-electron chi connectivity index (χ0n) is 21.1.